The minimum atomic E-state index is -4.13. The predicted octanol–water partition coefficient (Wildman–Crippen LogP) is 4.22. The van der Waals surface area contributed by atoms with Gasteiger partial charge in [-0.3, -0.25) is 0 Å². The second-order valence-electron chi connectivity index (χ2n) is 4.46. The van der Waals surface area contributed by atoms with Crippen LogP contribution in [0.1, 0.15) is 5.56 Å². The van der Waals surface area contributed by atoms with Gasteiger partial charge in [0.25, 0.3) is 3.67 Å². The monoisotopic (exact) mass is 412 g/mol. The quantitative estimate of drug-likeness (QED) is 0.518. The van der Waals surface area contributed by atoms with E-state index < -0.39 is 19.3 Å². The van der Waals surface area contributed by atoms with Crippen molar-refractivity contribution in [2.45, 2.75) is 16.0 Å². The largest absolute Gasteiger partial charge is 0.365 e. The third kappa shape index (κ3) is 4.52. The van der Waals surface area contributed by atoms with Gasteiger partial charge in [-0.2, -0.15) is 25.2 Å². The second-order valence-corrected chi connectivity index (χ2v) is 10.1. The van der Waals surface area contributed by atoms with Crippen LogP contribution >= 0.6 is 46.8 Å². The molecule has 1 aromatic carbocycles. The van der Waals surface area contributed by atoms with Crippen molar-refractivity contribution in [1.29, 1.82) is 0 Å². The summed E-state index contributed by atoms with van der Waals surface area (Å²) < 4.78 is 49.8. The van der Waals surface area contributed by atoms with Gasteiger partial charge in [0, 0.05) is 26.0 Å². The predicted molar refractivity (Wildman–Crippen MR) is 89.1 cm³/mol. The van der Waals surface area contributed by atoms with Crippen LogP contribution in [0.15, 0.2) is 24.3 Å². The Labute approximate surface area is 147 Å². The number of nitrogens with zero attached hydrogens (tertiary/aromatic N) is 2. The summed E-state index contributed by atoms with van der Waals surface area (Å²) in [6.45, 7) is 1.79. The smallest absolute Gasteiger partial charge is 0.196 e. The molecule has 0 unspecified atom stereocenters. The summed E-state index contributed by atoms with van der Waals surface area (Å²) in [6, 6.07) is 6.13. The van der Waals surface area contributed by atoms with E-state index in [9.17, 15) is 17.2 Å². The average Bonchev–Trinajstić information content (AvgIpc) is 2.35. The Morgan fingerprint density at radius 1 is 1.09 bits per heavy atom. The van der Waals surface area contributed by atoms with Crippen LogP contribution < -0.4 is 3.71 Å². The number of rotatable bonds is 6. The summed E-state index contributed by atoms with van der Waals surface area (Å²) in [5.41, 5.74) is 0.970. The van der Waals surface area contributed by atoms with Crippen LogP contribution in [0.25, 0.3) is 0 Å². The SMILES string of the molecule is Cc1ccc(N(SC(Cl)(Cl)C(F)(F)Cl)S(=O)(=O)N(C)C)cc1. The van der Waals surface area contributed by atoms with Crippen LogP contribution in [0.2, 0.25) is 0 Å². The molecule has 0 aromatic heterocycles. The van der Waals surface area contributed by atoms with E-state index >= 15 is 0 Å². The van der Waals surface area contributed by atoms with E-state index in [2.05, 4.69) is 0 Å². The minimum absolute atomic E-state index is 0.000796. The molecule has 0 aliphatic carbocycles. The number of aryl methyl sites for hydroxylation is 1. The lowest BCUT2D eigenvalue weighted by Gasteiger charge is -2.32. The van der Waals surface area contributed by atoms with Gasteiger partial charge in [-0.05, 0) is 30.7 Å². The molecule has 4 nitrogen and oxygen atoms in total. The van der Waals surface area contributed by atoms with Gasteiger partial charge < -0.3 is 0 Å². The Morgan fingerprint density at radius 3 is 1.91 bits per heavy atom. The van der Waals surface area contributed by atoms with E-state index in [1.807, 2.05) is 0 Å². The van der Waals surface area contributed by atoms with Gasteiger partial charge in [-0.15, -0.1) is 0 Å². The maximum atomic E-state index is 13.3. The van der Waals surface area contributed by atoms with Gasteiger partial charge in [0.15, 0.2) is 0 Å². The van der Waals surface area contributed by atoms with Crippen molar-refractivity contribution in [3.8, 4) is 0 Å². The molecule has 11 heteroatoms. The van der Waals surface area contributed by atoms with E-state index in [1.54, 1.807) is 19.1 Å². The molecular weight excluding hydrogens is 401 g/mol. The summed E-state index contributed by atoms with van der Waals surface area (Å²) in [7, 11) is -1.63. The van der Waals surface area contributed by atoms with Gasteiger partial charge in [-0.25, -0.2) is 0 Å². The highest BCUT2D eigenvalue weighted by molar-refractivity contribution is 8.16. The first-order valence-corrected chi connectivity index (χ1v) is 9.02. The van der Waals surface area contributed by atoms with Crippen LogP contribution in [0.4, 0.5) is 14.5 Å². The lowest BCUT2D eigenvalue weighted by Crippen LogP contribution is -2.41. The maximum absolute atomic E-state index is 13.3. The Kier molecular flexibility index (Phi) is 6.26. The molecule has 22 heavy (non-hydrogen) atoms. The van der Waals surface area contributed by atoms with Crippen molar-refractivity contribution in [2.24, 2.45) is 0 Å². The zero-order valence-corrected chi connectivity index (χ0v) is 15.6. The number of halogens is 5. The third-order valence-electron chi connectivity index (χ3n) is 2.44. The lowest BCUT2D eigenvalue weighted by molar-refractivity contribution is 0.103. The van der Waals surface area contributed by atoms with E-state index in [-0.39, 0.29) is 17.6 Å². The molecule has 0 amide bonds. The fourth-order valence-electron chi connectivity index (χ4n) is 1.20. The molecule has 1 rings (SSSR count). The van der Waals surface area contributed by atoms with Crippen molar-refractivity contribution < 1.29 is 17.2 Å². The van der Waals surface area contributed by atoms with Gasteiger partial charge in [0.05, 0.1) is 5.69 Å². The minimum Gasteiger partial charge on any atom is -0.196 e. The molecule has 0 fully saturated rings. The molecule has 0 saturated heterocycles. The first kappa shape index (κ1) is 20.1. The van der Waals surface area contributed by atoms with E-state index in [1.165, 1.54) is 26.2 Å². The molecule has 0 atom stereocenters. The van der Waals surface area contributed by atoms with Crippen LogP contribution in [-0.4, -0.2) is 35.9 Å². The van der Waals surface area contributed by atoms with Gasteiger partial charge >= 0.3 is 15.6 Å². The van der Waals surface area contributed by atoms with Crippen molar-refractivity contribution in [3.63, 3.8) is 0 Å². The van der Waals surface area contributed by atoms with Crippen molar-refractivity contribution in [1.82, 2.24) is 4.31 Å². The van der Waals surface area contributed by atoms with E-state index in [0.717, 1.165) is 9.87 Å². The van der Waals surface area contributed by atoms with E-state index in [4.69, 9.17) is 34.8 Å². The number of benzene rings is 1. The van der Waals surface area contributed by atoms with Gasteiger partial charge in [-0.1, -0.05) is 40.9 Å². The molecule has 126 valence electrons. The Bertz CT molecular complexity index is 619. The van der Waals surface area contributed by atoms with Crippen molar-refractivity contribution in [3.05, 3.63) is 29.8 Å². The maximum Gasteiger partial charge on any atom is 0.365 e. The number of hydrogen-bond acceptors (Lipinski definition) is 3. The second kappa shape index (κ2) is 6.86. The third-order valence-corrected chi connectivity index (χ3v) is 7.12. The normalized spacial score (nSPS) is 13.5. The Hall–Kier alpha value is 0.0100. The zero-order chi connectivity index (χ0) is 17.3. The van der Waals surface area contributed by atoms with Gasteiger partial charge in [0.1, 0.15) is 0 Å². The topological polar surface area (TPSA) is 40.6 Å². The molecule has 0 bridgehead atoms. The number of alkyl halides is 5. The molecule has 0 aliphatic heterocycles. The highest BCUT2D eigenvalue weighted by Gasteiger charge is 2.54. The lowest BCUT2D eigenvalue weighted by atomic mass is 10.2. The molecule has 0 N–H and O–H groups in total. The fourth-order valence-corrected chi connectivity index (χ4v) is 4.30. The van der Waals surface area contributed by atoms with E-state index in [0.29, 0.717) is 3.71 Å². The summed E-state index contributed by atoms with van der Waals surface area (Å²) in [5.74, 6) is 0. The van der Waals surface area contributed by atoms with Crippen molar-refractivity contribution >= 4 is 62.6 Å². The Balaban J connectivity index is 3.34. The summed E-state index contributed by atoms with van der Waals surface area (Å²) in [6.07, 6.45) is 0. The first-order chi connectivity index (χ1) is 9.79. The first-order valence-electron chi connectivity index (χ1n) is 5.72. The highest BCUT2D eigenvalue weighted by atomic mass is 35.5. The highest BCUT2D eigenvalue weighted by Crippen LogP contribution is 2.52. The van der Waals surface area contributed by atoms with Crippen molar-refractivity contribution in [2.75, 3.05) is 17.8 Å². The zero-order valence-electron chi connectivity index (χ0n) is 11.7. The van der Waals surface area contributed by atoms with Crippen LogP contribution in [-0.2, 0) is 10.2 Å². The standard InChI is InChI=1S/C11H13Cl3F2N2O2S2/c1-8-4-6-9(7-5-8)18(22(19,20)17(2)3)21-10(12,13)11(14,15)16/h4-7H,1-3H3. The van der Waals surface area contributed by atoms with Crippen LogP contribution in [0.5, 0.6) is 0 Å². The molecule has 0 aliphatic rings. The van der Waals surface area contributed by atoms with Crippen LogP contribution in [0.3, 0.4) is 0 Å². The number of anilines is 1. The molecule has 0 saturated carbocycles. The Morgan fingerprint density at radius 2 is 1.55 bits per heavy atom. The molecular formula is C11H13Cl3F2N2O2S2. The molecule has 0 radical (unpaired) electrons. The average molecular weight is 414 g/mol. The summed E-state index contributed by atoms with van der Waals surface area (Å²) >= 11 is 15.9. The molecule has 0 heterocycles. The fraction of sp³-hybridized carbons (Fsp3) is 0.455. The number of hydrogen-bond donors (Lipinski definition) is 0. The van der Waals surface area contributed by atoms with Gasteiger partial charge in [0.2, 0.25) is 0 Å². The summed E-state index contributed by atoms with van der Waals surface area (Å²) in [4.78, 5) is 0. The molecule has 0 spiro atoms. The summed E-state index contributed by atoms with van der Waals surface area (Å²) in [5, 5.41) is -4.05. The van der Waals surface area contributed by atoms with Crippen LogP contribution in [0, 0.1) is 6.92 Å². The molecule has 1 aromatic rings.